The lowest BCUT2D eigenvalue weighted by molar-refractivity contribution is 0.0696. The Hall–Kier alpha value is -1.91. The molecule has 1 N–H and O–H groups in total. The molecule has 3 unspecified atom stereocenters. The fourth-order valence-electron chi connectivity index (χ4n) is 4.06. The second-order valence-electron chi connectivity index (χ2n) is 6.21. The summed E-state index contributed by atoms with van der Waals surface area (Å²) >= 11 is 0. The van der Waals surface area contributed by atoms with Crippen molar-refractivity contribution < 1.29 is 9.90 Å². The number of nitrogens with zero attached hydrogens (tertiary/aromatic N) is 3. The smallest absolute Gasteiger partial charge is 0.337 e. The van der Waals surface area contributed by atoms with E-state index in [0.717, 1.165) is 29.7 Å². The Balaban J connectivity index is 1.66. The topological polar surface area (TPSA) is 67.5 Å². The van der Waals surface area contributed by atoms with Gasteiger partial charge in [0.1, 0.15) is 5.82 Å². The third-order valence-corrected chi connectivity index (χ3v) is 5.05. The van der Waals surface area contributed by atoms with Crippen LogP contribution >= 0.6 is 0 Å². The highest BCUT2D eigenvalue weighted by molar-refractivity contribution is 5.87. The van der Waals surface area contributed by atoms with Gasteiger partial charge in [0.2, 0.25) is 0 Å². The molecule has 5 nitrogen and oxygen atoms in total. The van der Waals surface area contributed by atoms with Gasteiger partial charge in [-0.15, -0.1) is 10.2 Å². The van der Waals surface area contributed by atoms with Gasteiger partial charge in [-0.25, -0.2) is 4.79 Å². The molecule has 0 radical (unpaired) electrons. The molecule has 0 aromatic carbocycles. The average Bonchev–Trinajstić information content (AvgIpc) is 3.14. The number of fused-ring (bicyclic) bond motifs is 3. The van der Waals surface area contributed by atoms with Crippen LogP contribution < -0.4 is 0 Å². The van der Waals surface area contributed by atoms with Gasteiger partial charge in [0.05, 0.1) is 5.56 Å². The summed E-state index contributed by atoms with van der Waals surface area (Å²) < 4.78 is 1.84. The molecule has 0 amide bonds. The van der Waals surface area contributed by atoms with Crippen molar-refractivity contribution in [3.63, 3.8) is 0 Å². The number of hydrogen-bond acceptors (Lipinski definition) is 3. The molecule has 0 aliphatic heterocycles. The zero-order valence-electron chi connectivity index (χ0n) is 11.2. The van der Waals surface area contributed by atoms with E-state index < -0.39 is 5.97 Å². The summed E-state index contributed by atoms with van der Waals surface area (Å²) in [5.41, 5.74) is 1.01. The molecule has 2 aliphatic rings. The van der Waals surface area contributed by atoms with Crippen LogP contribution in [-0.2, 0) is 6.42 Å². The Morgan fingerprint density at radius 1 is 1.30 bits per heavy atom. The van der Waals surface area contributed by atoms with Gasteiger partial charge in [-0.05, 0) is 49.1 Å². The molecule has 0 saturated heterocycles. The minimum atomic E-state index is -0.911. The standard InChI is InChI=1S/C15H17N3O2/c19-15(20)11-3-4-13-16-17-14(18(13)8-11)7-12-6-9-1-2-10(12)5-9/h3-4,8-10,12H,1-2,5-7H2,(H,19,20). The number of aromatic nitrogens is 3. The maximum Gasteiger partial charge on any atom is 0.337 e. The van der Waals surface area contributed by atoms with Gasteiger partial charge in [0, 0.05) is 12.6 Å². The molecule has 5 heteroatoms. The second kappa shape index (κ2) is 4.30. The quantitative estimate of drug-likeness (QED) is 0.930. The molecule has 2 bridgehead atoms. The molecule has 3 atom stereocenters. The van der Waals surface area contributed by atoms with E-state index in [0.29, 0.717) is 5.92 Å². The zero-order valence-corrected chi connectivity index (χ0v) is 11.2. The summed E-state index contributed by atoms with van der Waals surface area (Å²) in [5, 5.41) is 17.5. The lowest BCUT2D eigenvalue weighted by Crippen LogP contribution is -2.15. The van der Waals surface area contributed by atoms with Crippen molar-refractivity contribution in [1.82, 2.24) is 14.6 Å². The van der Waals surface area contributed by atoms with Gasteiger partial charge >= 0.3 is 5.97 Å². The summed E-state index contributed by atoms with van der Waals surface area (Å²) in [7, 11) is 0. The summed E-state index contributed by atoms with van der Waals surface area (Å²) in [6.07, 6.45) is 7.99. The third kappa shape index (κ3) is 1.80. The highest BCUT2D eigenvalue weighted by Gasteiger charge is 2.39. The fraction of sp³-hybridized carbons (Fsp3) is 0.533. The Bertz CT molecular complexity index is 679. The summed E-state index contributed by atoms with van der Waals surface area (Å²) in [5.74, 6) is 2.45. The van der Waals surface area contributed by atoms with Crippen LogP contribution in [0.2, 0.25) is 0 Å². The highest BCUT2D eigenvalue weighted by atomic mass is 16.4. The van der Waals surface area contributed by atoms with E-state index >= 15 is 0 Å². The van der Waals surface area contributed by atoms with Gasteiger partial charge in [-0.3, -0.25) is 4.40 Å². The van der Waals surface area contributed by atoms with Crippen molar-refractivity contribution >= 4 is 11.6 Å². The van der Waals surface area contributed by atoms with E-state index in [-0.39, 0.29) is 5.56 Å². The summed E-state index contributed by atoms with van der Waals surface area (Å²) in [4.78, 5) is 11.1. The Labute approximate surface area is 116 Å². The molecule has 2 heterocycles. The molecule has 20 heavy (non-hydrogen) atoms. The first-order chi connectivity index (χ1) is 9.70. The lowest BCUT2D eigenvalue weighted by Gasteiger charge is -2.20. The van der Waals surface area contributed by atoms with E-state index in [9.17, 15) is 4.79 Å². The van der Waals surface area contributed by atoms with Crippen LogP contribution in [0.4, 0.5) is 0 Å². The van der Waals surface area contributed by atoms with Crippen LogP contribution in [0.1, 0.15) is 41.9 Å². The number of carboxylic acid groups (broad SMARTS) is 1. The molecular weight excluding hydrogens is 254 g/mol. The van der Waals surface area contributed by atoms with Gasteiger partial charge < -0.3 is 5.11 Å². The monoisotopic (exact) mass is 271 g/mol. The van der Waals surface area contributed by atoms with Crippen LogP contribution in [0.5, 0.6) is 0 Å². The van der Waals surface area contributed by atoms with Gasteiger partial charge in [-0.2, -0.15) is 0 Å². The number of hydrogen-bond donors (Lipinski definition) is 1. The number of carboxylic acids is 1. The first-order valence-corrected chi connectivity index (χ1v) is 7.27. The molecule has 2 aliphatic carbocycles. The predicted octanol–water partition coefficient (Wildman–Crippen LogP) is 2.41. The van der Waals surface area contributed by atoms with Crippen molar-refractivity contribution in [2.75, 3.05) is 0 Å². The van der Waals surface area contributed by atoms with E-state index in [1.807, 2.05) is 4.40 Å². The molecule has 104 valence electrons. The zero-order chi connectivity index (χ0) is 13.7. The van der Waals surface area contributed by atoms with E-state index in [1.165, 1.54) is 25.7 Å². The molecular formula is C15H17N3O2. The molecule has 2 saturated carbocycles. The first kappa shape index (κ1) is 11.9. The number of carbonyl (C=O) groups is 1. The van der Waals surface area contributed by atoms with Crippen molar-refractivity contribution in [2.45, 2.75) is 32.1 Å². The highest BCUT2D eigenvalue weighted by Crippen LogP contribution is 2.49. The van der Waals surface area contributed by atoms with Crippen LogP contribution in [-0.4, -0.2) is 25.7 Å². The van der Waals surface area contributed by atoms with Crippen molar-refractivity contribution in [2.24, 2.45) is 17.8 Å². The number of aromatic carboxylic acids is 1. The van der Waals surface area contributed by atoms with Crippen LogP contribution in [0.3, 0.4) is 0 Å². The molecule has 4 rings (SSSR count). The minimum absolute atomic E-state index is 0.284. The maximum absolute atomic E-state index is 11.1. The van der Waals surface area contributed by atoms with Gasteiger partial charge in [-0.1, -0.05) is 6.42 Å². The van der Waals surface area contributed by atoms with E-state index in [2.05, 4.69) is 10.2 Å². The Kier molecular flexibility index (Phi) is 2.55. The van der Waals surface area contributed by atoms with E-state index in [4.69, 9.17) is 5.11 Å². The van der Waals surface area contributed by atoms with E-state index in [1.54, 1.807) is 18.3 Å². The van der Waals surface area contributed by atoms with Crippen molar-refractivity contribution in [3.05, 3.63) is 29.7 Å². The van der Waals surface area contributed by atoms with Gasteiger partial charge in [0.15, 0.2) is 5.65 Å². The molecule has 2 aromatic rings. The number of rotatable bonds is 3. The van der Waals surface area contributed by atoms with Crippen molar-refractivity contribution in [3.8, 4) is 0 Å². The maximum atomic E-state index is 11.1. The van der Waals surface area contributed by atoms with Gasteiger partial charge in [0.25, 0.3) is 0 Å². The number of pyridine rings is 1. The van der Waals surface area contributed by atoms with Crippen LogP contribution in [0, 0.1) is 17.8 Å². The molecule has 2 aromatic heterocycles. The van der Waals surface area contributed by atoms with Crippen LogP contribution in [0.25, 0.3) is 5.65 Å². The molecule has 2 fully saturated rings. The average molecular weight is 271 g/mol. The second-order valence-corrected chi connectivity index (χ2v) is 6.21. The Morgan fingerprint density at radius 3 is 2.90 bits per heavy atom. The summed E-state index contributed by atoms with van der Waals surface area (Å²) in [6.45, 7) is 0. The normalized spacial score (nSPS) is 28.3. The SMILES string of the molecule is O=C(O)c1ccc2nnc(CC3CC4CCC3C4)n2c1. The van der Waals surface area contributed by atoms with Crippen molar-refractivity contribution in [1.29, 1.82) is 0 Å². The first-order valence-electron chi connectivity index (χ1n) is 7.27. The predicted molar refractivity (Wildman–Crippen MR) is 72.6 cm³/mol. The fourth-order valence-corrected chi connectivity index (χ4v) is 4.06. The van der Waals surface area contributed by atoms with Crippen LogP contribution in [0.15, 0.2) is 18.3 Å². The summed E-state index contributed by atoms with van der Waals surface area (Å²) in [6, 6.07) is 3.30. The molecule has 0 spiro atoms. The minimum Gasteiger partial charge on any atom is -0.478 e. The third-order valence-electron chi connectivity index (χ3n) is 5.05. The Morgan fingerprint density at radius 2 is 2.20 bits per heavy atom. The largest absolute Gasteiger partial charge is 0.478 e. The lowest BCUT2D eigenvalue weighted by atomic mass is 9.86.